The number of hydrogen-bond donors (Lipinski definition) is 1. The van der Waals surface area contributed by atoms with E-state index in [0.29, 0.717) is 25.1 Å². The minimum atomic E-state index is -0.698. The van der Waals surface area contributed by atoms with Crippen LogP contribution in [0.4, 0.5) is 5.69 Å². The Balaban J connectivity index is 2.22. The third kappa shape index (κ3) is 6.21. The van der Waals surface area contributed by atoms with Gasteiger partial charge in [0.15, 0.2) is 5.78 Å². The molecule has 2 aromatic rings. The largest absolute Gasteiger partial charge is 0.373 e. The number of ketones is 1. The summed E-state index contributed by atoms with van der Waals surface area (Å²) in [5.41, 5.74) is 8.72. The van der Waals surface area contributed by atoms with Crippen molar-refractivity contribution in [3.05, 3.63) is 65.2 Å². The first kappa shape index (κ1) is 26.6. The molecule has 2 aromatic carbocycles. The lowest BCUT2D eigenvalue weighted by Crippen LogP contribution is -2.50. The van der Waals surface area contributed by atoms with Crippen molar-refractivity contribution < 1.29 is 9.59 Å². The van der Waals surface area contributed by atoms with E-state index in [1.54, 1.807) is 4.90 Å². The van der Waals surface area contributed by atoms with Crippen molar-refractivity contribution in [1.29, 1.82) is 0 Å². The van der Waals surface area contributed by atoms with Crippen LogP contribution >= 0.6 is 0 Å². The van der Waals surface area contributed by atoms with E-state index < -0.39 is 5.54 Å². The van der Waals surface area contributed by atoms with Gasteiger partial charge in [0.2, 0.25) is 5.91 Å². The molecular weight excluding hydrogens is 412 g/mol. The SMILES string of the molecule is CCN(C)C(=O)C(C)c1ccc(CC(C)(C(=O)c2ccc(N(C)CCN)cc2)N(C)C)cc1. The Bertz CT molecular complexity index is 924. The van der Waals surface area contributed by atoms with Crippen LogP contribution in [0.1, 0.15) is 48.2 Å². The number of nitrogens with zero attached hydrogens (tertiary/aromatic N) is 3. The fraction of sp³-hybridized carbons (Fsp3) is 0.481. The summed E-state index contributed by atoms with van der Waals surface area (Å²) in [6.07, 6.45) is 0.575. The van der Waals surface area contributed by atoms with Crippen LogP contribution in [0.15, 0.2) is 48.5 Å². The molecule has 6 nitrogen and oxygen atoms in total. The second-order valence-electron chi connectivity index (χ2n) is 9.25. The molecule has 0 aliphatic carbocycles. The predicted octanol–water partition coefficient (Wildman–Crippen LogP) is 3.41. The minimum absolute atomic E-state index is 0.0812. The van der Waals surface area contributed by atoms with E-state index in [9.17, 15) is 9.59 Å². The fourth-order valence-electron chi connectivity index (χ4n) is 3.89. The number of Topliss-reactive ketones (excluding diaryl/α,β-unsaturated/α-hetero) is 1. The zero-order valence-electron chi connectivity index (χ0n) is 21.3. The summed E-state index contributed by atoms with van der Waals surface area (Å²) in [6.45, 7) is 7.92. The molecule has 6 heteroatoms. The molecule has 2 unspecified atom stereocenters. The number of carbonyl (C=O) groups excluding carboxylic acids is 2. The van der Waals surface area contributed by atoms with Crippen LogP contribution in [0.5, 0.6) is 0 Å². The number of carbonyl (C=O) groups is 2. The molecule has 0 aliphatic rings. The first-order chi connectivity index (χ1) is 15.5. The van der Waals surface area contributed by atoms with Gasteiger partial charge >= 0.3 is 0 Å². The molecule has 2 N–H and O–H groups in total. The summed E-state index contributed by atoms with van der Waals surface area (Å²) in [7, 11) is 7.70. The molecule has 1 amide bonds. The van der Waals surface area contributed by atoms with E-state index in [2.05, 4.69) is 4.90 Å². The Hall–Kier alpha value is -2.70. The van der Waals surface area contributed by atoms with Crippen LogP contribution in [0, 0.1) is 0 Å². The van der Waals surface area contributed by atoms with E-state index in [4.69, 9.17) is 5.73 Å². The van der Waals surface area contributed by atoms with E-state index in [1.165, 1.54) is 0 Å². The second-order valence-corrected chi connectivity index (χ2v) is 9.25. The number of benzene rings is 2. The molecule has 0 radical (unpaired) electrons. The van der Waals surface area contributed by atoms with Gasteiger partial charge in [-0.05, 0) is 76.7 Å². The highest BCUT2D eigenvalue weighted by Gasteiger charge is 2.36. The van der Waals surface area contributed by atoms with Crippen LogP contribution in [-0.4, -0.2) is 74.9 Å². The zero-order chi connectivity index (χ0) is 24.8. The van der Waals surface area contributed by atoms with Gasteiger partial charge in [0.1, 0.15) is 0 Å². The molecule has 0 aliphatic heterocycles. The summed E-state index contributed by atoms with van der Waals surface area (Å²) in [6, 6.07) is 15.8. The molecule has 2 rings (SSSR count). The smallest absolute Gasteiger partial charge is 0.229 e. The summed E-state index contributed by atoms with van der Waals surface area (Å²) >= 11 is 0. The van der Waals surface area contributed by atoms with Gasteiger partial charge in [0.25, 0.3) is 0 Å². The highest BCUT2D eigenvalue weighted by Crippen LogP contribution is 2.26. The maximum absolute atomic E-state index is 13.6. The summed E-state index contributed by atoms with van der Waals surface area (Å²) in [5.74, 6) is -0.00128. The summed E-state index contributed by atoms with van der Waals surface area (Å²) < 4.78 is 0. The Morgan fingerprint density at radius 2 is 1.55 bits per heavy atom. The average molecular weight is 453 g/mol. The minimum Gasteiger partial charge on any atom is -0.373 e. The third-order valence-electron chi connectivity index (χ3n) is 6.76. The highest BCUT2D eigenvalue weighted by atomic mass is 16.2. The first-order valence-electron chi connectivity index (χ1n) is 11.6. The lowest BCUT2D eigenvalue weighted by atomic mass is 9.83. The fourth-order valence-corrected chi connectivity index (χ4v) is 3.89. The van der Waals surface area contributed by atoms with Crippen molar-refractivity contribution in [2.75, 3.05) is 52.7 Å². The van der Waals surface area contributed by atoms with Crippen molar-refractivity contribution in [3.63, 3.8) is 0 Å². The Labute approximate surface area is 199 Å². The molecule has 0 aromatic heterocycles. The monoisotopic (exact) mass is 452 g/mol. The normalized spacial score (nSPS) is 14.0. The Morgan fingerprint density at radius 3 is 2.03 bits per heavy atom. The van der Waals surface area contributed by atoms with Gasteiger partial charge in [-0.25, -0.2) is 0 Å². The lowest BCUT2D eigenvalue weighted by molar-refractivity contribution is -0.130. The molecule has 0 spiro atoms. The summed E-state index contributed by atoms with van der Waals surface area (Å²) in [5, 5.41) is 0. The molecule has 2 atom stereocenters. The molecule has 0 fully saturated rings. The Kier molecular flexibility index (Phi) is 9.20. The van der Waals surface area contributed by atoms with Gasteiger partial charge in [-0.3, -0.25) is 14.5 Å². The van der Waals surface area contributed by atoms with Crippen molar-refractivity contribution >= 4 is 17.4 Å². The number of rotatable bonds is 11. The van der Waals surface area contributed by atoms with Crippen molar-refractivity contribution in [2.24, 2.45) is 5.73 Å². The molecule has 0 saturated heterocycles. The molecule has 180 valence electrons. The average Bonchev–Trinajstić information content (AvgIpc) is 2.82. The van der Waals surface area contributed by atoms with Gasteiger partial charge in [0, 0.05) is 45.0 Å². The van der Waals surface area contributed by atoms with Gasteiger partial charge < -0.3 is 15.5 Å². The van der Waals surface area contributed by atoms with Crippen LogP contribution in [-0.2, 0) is 11.2 Å². The lowest BCUT2D eigenvalue weighted by Gasteiger charge is -2.35. The van der Waals surface area contributed by atoms with Crippen molar-refractivity contribution in [3.8, 4) is 0 Å². The van der Waals surface area contributed by atoms with E-state index in [1.807, 2.05) is 102 Å². The van der Waals surface area contributed by atoms with Gasteiger partial charge in [-0.1, -0.05) is 24.3 Å². The molecule has 33 heavy (non-hydrogen) atoms. The van der Waals surface area contributed by atoms with Crippen molar-refractivity contribution in [2.45, 2.75) is 38.6 Å². The van der Waals surface area contributed by atoms with E-state index >= 15 is 0 Å². The molecule has 0 bridgehead atoms. The topological polar surface area (TPSA) is 69.9 Å². The van der Waals surface area contributed by atoms with Crippen LogP contribution in [0.2, 0.25) is 0 Å². The van der Waals surface area contributed by atoms with Crippen LogP contribution in [0.3, 0.4) is 0 Å². The van der Waals surface area contributed by atoms with Gasteiger partial charge in [-0.2, -0.15) is 0 Å². The van der Waals surface area contributed by atoms with E-state index in [0.717, 1.165) is 23.4 Å². The number of likely N-dealkylation sites (N-methyl/N-ethyl adjacent to an activating group) is 3. The predicted molar refractivity (Wildman–Crippen MR) is 137 cm³/mol. The highest BCUT2D eigenvalue weighted by molar-refractivity contribution is 6.03. The second kappa shape index (κ2) is 11.4. The van der Waals surface area contributed by atoms with E-state index in [-0.39, 0.29) is 17.6 Å². The Morgan fingerprint density at radius 1 is 0.970 bits per heavy atom. The molecule has 0 saturated carbocycles. The zero-order valence-corrected chi connectivity index (χ0v) is 21.3. The number of amides is 1. The number of anilines is 1. The van der Waals surface area contributed by atoms with Crippen LogP contribution in [0.25, 0.3) is 0 Å². The van der Waals surface area contributed by atoms with Gasteiger partial charge in [-0.15, -0.1) is 0 Å². The maximum atomic E-state index is 13.6. The van der Waals surface area contributed by atoms with Crippen LogP contribution < -0.4 is 10.6 Å². The molecule has 0 heterocycles. The van der Waals surface area contributed by atoms with Crippen molar-refractivity contribution in [1.82, 2.24) is 9.80 Å². The molecular formula is C27H40N4O2. The first-order valence-corrected chi connectivity index (χ1v) is 11.6. The van der Waals surface area contributed by atoms with Gasteiger partial charge in [0.05, 0.1) is 11.5 Å². The summed E-state index contributed by atoms with van der Waals surface area (Å²) in [4.78, 5) is 31.9. The quantitative estimate of drug-likeness (QED) is 0.529. The standard InChI is InChI=1S/C27H40N4O2/c1-8-30(6)26(33)20(2)22-11-9-21(10-12-22)19-27(3,29(4)5)25(32)23-13-15-24(16-14-23)31(7)18-17-28/h9-16,20H,8,17-19,28H2,1-7H3. The number of hydrogen-bond acceptors (Lipinski definition) is 5. The third-order valence-corrected chi connectivity index (χ3v) is 6.76. The number of nitrogens with two attached hydrogens (primary N) is 1. The maximum Gasteiger partial charge on any atom is 0.229 e.